The molecular formula is C28H31N3O3. The average molecular weight is 458 g/mol. The van der Waals surface area contributed by atoms with Gasteiger partial charge in [0, 0.05) is 34.5 Å². The van der Waals surface area contributed by atoms with Crippen molar-refractivity contribution in [3.05, 3.63) is 53.1 Å². The van der Waals surface area contributed by atoms with Crippen LogP contribution >= 0.6 is 0 Å². The standard InChI is InChI=1S/C28H31N3O3/c1-15-24-21-13-18(34-2)9-11-19(21)25-23(16-6-4-3-5-7-16)20-10-8-17(26(29)32)12-22(20)31(25)14-28(15,24)27(30)33/h8-13,15-16,24H,3-7,14H2,1-2H3,(H2,29,32)(H2,30,33)/t15-,24?,28?/m0/s1. The van der Waals surface area contributed by atoms with Crippen LogP contribution in [0.3, 0.4) is 0 Å². The van der Waals surface area contributed by atoms with Crippen LogP contribution in [0.25, 0.3) is 22.2 Å². The Morgan fingerprint density at radius 1 is 1.06 bits per heavy atom. The Hall–Kier alpha value is -3.28. The van der Waals surface area contributed by atoms with E-state index in [0.717, 1.165) is 40.6 Å². The molecule has 3 atom stereocenters. The number of aromatic nitrogens is 1. The number of ether oxygens (including phenoxy) is 1. The molecule has 6 heteroatoms. The molecule has 3 aromatic rings. The Bertz CT molecular complexity index is 1350. The quantitative estimate of drug-likeness (QED) is 0.595. The average Bonchev–Trinajstić information content (AvgIpc) is 3.36. The second kappa shape index (κ2) is 7.36. The van der Waals surface area contributed by atoms with E-state index >= 15 is 0 Å². The van der Waals surface area contributed by atoms with Gasteiger partial charge in [-0.2, -0.15) is 0 Å². The minimum atomic E-state index is -0.662. The molecule has 2 fully saturated rings. The molecule has 1 aliphatic heterocycles. The number of nitrogens with two attached hydrogens (primary N) is 2. The third-order valence-electron chi connectivity index (χ3n) is 8.89. The molecule has 2 aliphatic carbocycles. The Kier molecular flexibility index (Phi) is 4.60. The van der Waals surface area contributed by atoms with Crippen molar-refractivity contribution in [3.8, 4) is 17.0 Å². The summed E-state index contributed by atoms with van der Waals surface area (Å²) >= 11 is 0. The van der Waals surface area contributed by atoms with E-state index in [4.69, 9.17) is 16.2 Å². The Labute approximate surface area is 199 Å². The van der Waals surface area contributed by atoms with E-state index in [9.17, 15) is 9.59 Å². The van der Waals surface area contributed by atoms with Crippen LogP contribution in [-0.2, 0) is 11.3 Å². The second-order valence-electron chi connectivity index (χ2n) is 10.4. The number of primary amides is 2. The van der Waals surface area contributed by atoms with Crippen molar-refractivity contribution in [2.45, 2.75) is 57.4 Å². The van der Waals surface area contributed by atoms with E-state index in [0.29, 0.717) is 18.0 Å². The molecule has 3 aliphatic rings. The molecule has 0 radical (unpaired) electrons. The van der Waals surface area contributed by atoms with Crippen LogP contribution in [-0.4, -0.2) is 23.5 Å². The van der Waals surface area contributed by atoms with Crippen LogP contribution in [0.1, 0.15) is 72.3 Å². The zero-order valence-corrected chi connectivity index (χ0v) is 19.8. The van der Waals surface area contributed by atoms with Gasteiger partial charge in [-0.1, -0.05) is 32.3 Å². The van der Waals surface area contributed by atoms with Crippen LogP contribution < -0.4 is 16.2 Å². The number of carbonyl (C=O) groups is 2. The SMILES string of the molecule is COc1ccc2c(c1)C1[C@H](C)C1(C(N)=O)Cn1c-2c(C2CCCCC2)c2ccc(C(N)=O)cc21. The molecule has 0 saturated heterocycles. The van der Waals surface area contributed by atoms with E-state index in [1.165, 1.54) is 30.5 Å². The van der Waals surface area contributed by atoms with Crippen LogP contribution in [0, 0.1) is 11.3 Å². The van der Waals surface area contributed by atoms with Crippen LogP contribution in [0.2, 0.25) is 0 Å². The predicted molar refractivity (Wildman–Crippen MR) is 132 cm³/mol. The molecule has 2 amide bonds. The minimum absolute atomic E-state index is 0.0450. The van der Waals surface area contributed by atoms with E-state index in [2.05, 4.69) is 29.7 Å². The minimum Gasteiger partial charge on any atom is -0.497 e. The van der Waals surface area contributed by atoms with Crippen molar-refractivity contribution in [3.63, 3.8) is 0 Å². The van der Waals surface area contributed by atoms with Crippen molar-refractivity contribution in [2.75, 3.05) is 7.11 Å². The summed E-state index contributed by atoms with van der Waals surface area (Å²) in [6, 6.07) is 12.0. The Morgan fingerprint density at radius 3 is 2.50 bits per heavy atom. The number of rotatable bonds is 4. The van der Waals surface area contributed by atoms with Crippen molar-refractivity contribution in [2.24, 2.45) is 22.8 Å². The van der Waals surface area contributed by atoms with Gasteiger partial charge in [-0.25, -0.2) is 0 Å². The highest BCUT2D eigenvalue weighted by Crippen LogP contribution is 2.69. The monoisotopic (exact) mass is 457 g/mol. The van der Waals surface area contributed by atoms with Crippen molar-refractivity contribution < 1.29 is 14.3 Å². The molecule has 6 rings (SSSR count). The first-order valence-electron chi connectivity index (χ1n) is 12.3. The number of hydrogen-bond acceptors (Lipinski definition) is 3. The van der Waals surface area contributed by atoms with Gasteiger partial charge in [0.05, 0.1) is 18.2 Å². The molecule has 2 aromatic carbocycles. The van der Waals surface area contributed by atoms with E-state index in [1.807, 2.05) is 18.2 Å². The van der Waals surface area contributed by atoms with Gasteiger partial charge in [0.25, 0.3) is 0 Å². The number of benzene rings is 2. The van der Waals surface area contributed by atoms with Gasteiger partial charge >= 0.3 is 0 Å². The third kappa shape index (κ3) is 2.74. The first-order chi connectivity index (χ1) is 16.4. The molecule has 34 heavy (non-hydrogen) atoms. The molecular weight excluding hydrogens is 426 g/mol. The summed E-state index contributed by atoms with van der Waals surface area (Å²) in [5, 5.41) is 1.15. The van der Waals surface area contributed by atoms with Gasteiger partial charge in [0.15, 0.2) is 0 Å². The van der Waals surface area contributed by atoms with Gasteiger partial charge < -0.3 is 20.8 Å². The highest BCUT2D eigenvalue weighted by Gasteiger charge is 2.68. The summed E-state index contributed by atoms with van der Waals surface area (Å²) in [5.74, 6) is 0.688. The maximum absolute atomic E-state index is 13.0. The molecule has 4 N–H and O–H groups in total. The lowest BCUT2D eigenvalue weighted by molar-refractivity contribution is -0.124. The fourth-order valence-corrected chi connectivity index (χ4v) is 7.07. The fourth-order valence-electron chi connectivity index (χ4n) is 7.07. The summed E-state index contributed by atoms with van der Waals surface area (Å²) < 4.78 is 7.85. The largest absolute Gasteiger partial charge is 0.497 e. The third-order valence-corrected chi connectivity index (χ3v) is 8.89. The first kappa shape index (κ1) is 21.3. The molecule has 2 saturated carbocycles. The molecule has 2 heterocycles. The number of fused-ring (bicyclic) bond motifs is 7. The molecule has 0 bridgehead atoms. The van der Waals surface area contributed by atoms with Gasteiger partial charge in [-0.15, -0.1) is 0 Å². The lowest BCUT2D eigenvalue weighted by Gasteiger charge is -2.24. The summed E-state index contributed by atoms with van der Waals surface area (Å²) in [7, 11) is 1.67. The van der Waals surface area contributed by atoms with Gasteiger partial charge in [0.1, 0.15) is 5.75 Å². The van der Waals surface area contributed by atoms with Crippen LogP contribution in [0.5, 0.6) is 5.75 Å². The topological polar surface area (TPSA) is 100 Å². The Morgan fingerprint density at radius 2 is 1.82 bits per heavy atom. The van der Waals surface area contributed by atoms with Gasteiger partial charge in [0.2, 0.25) is 11.8 Å². The predicted octanol–water partition coefficient (Wildman–Crippen LogP) is 4.68. The fraction of sp³-hybridized carbons (Fsp3) is 0.429. The zero-order valence-electron chi connectivity index (χ0n) is 19.8. The highest BCUT2D eigenvalue weighted by atomic mass is 16.5. The molecule has 1 aromatic heterocycles. The van der Waals surface area contributed by atoms with Gasteiger partial charge in [-0.05, 0) is 66.1 Å². The Balaban J connectivity index is 1.71. The maximum atomic E-state index is 13.0. The zero-order chi connectivity index (χ0) is 23.8. The number of hydrogen-bond donors (Lipinski definition) is 2. The normalized spacial score (nSPS) is 25.7. The highest BCUT2D eigenvalue weighted by molar-refractivity contribution is 6.01. The lowest BCUT2D eigenvalue weighted by Crippen LogP contribution is -2.31. The van der Waals surface area contributed by atoms with Crippen LogP contribution in [0.4, 0.5) is 0 Å². The number of amides is 2. The summed E-state index contributed by atoms with van der Waals surface area (Å²) in [5.41, 5.74) is 17.3. The van der Waals surface area contributed by atoms with E-state index in [1.54, 1.807) is 7.11 Å². The maximum Gasteiger partial charge on any atom is 0.248 e. The number of nitrogens with zero attached hydrogens (tertiary/aromatic N) is 1. The molecule has 2 unspecified atom stereocenters. The smallest absolute Gasteiger partial charge is 0.248 e. The van der Waals surface area contributed by atoms with E-state index in [-0.39, 0.29) is 17.7 Å². The lowest BCUT2D eigenvalue weighted by atomic mass is 9.81. The van der Waals surface area contributed by atoms with Crippen molar-refractivity contribution >= 4 is 22.7 Å². The molecule has 176 valence electrons. The summed E-state index contributed by atoms with van der Waals surface area (Å²) in [6.07, 6.45) is 6.01. The van der Waals surface area contributed by atoms with Gasteiger partial charge in [-0.3, -0.25) is 9.59 Å². The summed E-state index contributed by atoms with van der Waals surface area (Å²) in [6.45, 7) is 2.62. The first-order valence-corrected chi connectivity index (χ1v) is 12.3. The van der Waals surface area contributed by atoms with Crippen molar-refractivity contribution in [1.82, 2.24) is 4.57 Å². The molecule has 0 spiro atoms. The number of carbonyl (C=O) groups excluding carboxylic acids is 2. The number of methoxy groups -OCH3 is 1. The van der Waals surface area contributed by atoms with E-state index < -0.39 is 11.3 Å². The second-order valence-corrected chi connectivity index (χ2v) is 10.4. The summed E-state index contributed by atoms with van der Waals surface area (Å²) in [4.78, 5) is 25.1. The van der Waals surface area contributed by atoms with Crippen molar-refractivity contribution in [1.29, 1.82) is 0 Å². The van der Waals surface area contributed by atoms with Crippen LogP contribution in [0.15, 0.2) is 36.4 Å². The molecule has 6 nitrogen and oxygen atoms in total.